The molecule has 27 heavy (non-hydrogen) atoms. The number of amides is 1. The van der Waals surface area contributed by atoms with Gasteiger partial charge in [-0.05, 0) is 43.9 Å². The Morgan fingerprint density at radius 2 is 1.85 bits per heavy atom. The van der Waals surface area contributed by atoms with Crippen molar-refractivity contribution in [2.24, 2.45) is 5.92 Å². The fourth-order valence-corrected chi connectivity index (χ4v) is 3.23. The first kappa shape index (κ1) is 18.7. The zero-order valence-corrected chi connectivity index (χ0v) is 15.1. The van der Waals surface area contributed by atoms with Crippen molar-refractivity contribution < 1.29 is 19.4 Å². The Labute approximate surface area is 157 Å². The highest BCUT2D eigenvalue weighted by Gasteiger charge is 2.25. The monoisotopic (exact) mass is 369 g/mol. The number of aromatic nitrogens is 1. The van der Waals surface area contributed by atoms with E-state index in [2.05, 4.69) is 15.6 Å². The number of carbonyl (C=O) groups is 2. The van der Waals surface area contributed by atoms with Crippen molar-refractivity contribution in [3.05, 3.63) is 48.3 Å². The van der Waals surface area contributed by atoms with Crippen LogP contribution in [-0.4, -0.2) is 35.1 Å². The van der Waals surface area contributed by atoms with E-state index in [0.29, 0.717) is 30.0 Å². The second-order valence-corrected chi connectivity index (χ2v) is 6.62. The van der Waals surface area contributed by atoms with Crippen molar-refractivity contribution in [1.82, 2.24) is 10.3 Å². The zero-order chi connectivity index (χ0) is 19.2. The Morgan fingerprint density at radius 3 is 2.56 bits per heavy atom. The molecule has 0 unspecified atom stereocenters. The molecule has 1 fully saturated rings. The largest absolute Gasteiger partial charge is 0.481 e. The molecule has 7 heteroatoms. The molecule has 0 bridgehead atoms. The lowest BCUT2D eigenvalue weighted by Gasteiger charge is -2.27. The van der Waals surface area contributed by atoms with Gasteiger partial charge < -0.3 is 20.5 Å². The first-order valence-corrected chi connectivity index (χ1v) is 9.00. The normalized spacial score (nSPS) is 19.1. The highest BCUT2D eigenvalue weighted by molar-refractivity contribution is 5.92. The van der Waals surface area contributed by atoms with Crippen LogP contribution in [0.3, 0.4) is 0 Å². The van der Waals surface area contributed by atoms with Gasteiger partial charge >= 0.3 is 5.97 Å². The molecule has 1 aliphatic carbocycles. The highest BCUT2D eigenvalue weighted by Crippen LogP contribution is 2.29. The predicted octanol–water partition coefficient (Wildman–Crippen LogP) is 3.29. The second kappa shape index (κ2) is 8.53. The summed E-state index contributed by atoms with van der Waals surface area (Å²) in [5.74, 6) is -0.0138. The summed E-state index contributed by atoms with van der Waals surface area (Å²) in [4.78, 5) is 26.8. The molecule has 3 N–H and O–H groups in total. The number of hydrogen-bond acceptors (Lipinski definition) is 5. The van der Waals surface area contributed by atoms with Crippen LogP contribution in [0.2, 0.25) is 0 Å². The molecule has 2 aromatic rings. The maximum absolute atomic E-state index is 11.7. The van der Waals surface area contributed by atoms with Gasteiger partial charge in [0.2, 0.25) is 0 Å². The third kappa shape index (κ3) is 4.97. The van der Waals surface area contributed by atoms with Gasteiger partial charge in [0.15, 0.2) is 0 Å². The second-order valence-electron chi connectivity index (χ2n) is 6.62. The summed E-state index contributed by atoms with van der Waals surface area (Å²) in [5.41, 5.74) is 1.21. The van der Waals surface area contributed by atoms with E-state index >= 15 is 0 Å². The topological polar surface area (TPSA) is 101 Å². The van der Waals surface area contributed by atoms with E-state index < -0.39 is 5.97 Å². The van der Waals surface area contributed by atoms with Gasteiger partial charge in [0.25, 0.3) is 5.91 Å². The van der Waals surface area contributed by atoms with E-state index in [1.807, 2.05) is 24.3 Å². The SMILES string of the molecule is CNC(=O)c1cc(Oc2cccc(NC3CCC(C(=O)O)CC3)c2)ccn1. The van der Waals surface area contributed by atoms with E-state index in [9.17, 15) is 9.59 Å². The lowest BCUT2D eigenvalue weighted by Crippen LogP contribution is -2.29. The Kier molecular flexibility index (Phi) is 5.90. The van der Waals surface area contributed by atoms with Crippen LogP contribution >= 0.6 is 0 Å². The maximum atomic E-state index is 11.7. The Hall–Kier alpha value is -3.09. The molecule has 142 valence electrons. The fraction of sp³-hybridized carbons (Fsp3) is 0.350. The molecular weight excluding hydrogens is 346 g/mol. The van der Waals surface area contributed by atoms with Gasteiger partial charge in [0.1, 0.15) is 17.2 Å². The highest BCUT2D eigenvalue weighted by atomic mass is 16.5. The van der Waals surface area contributed by atoms with Crippen molar-refractivity contribution >= 4 is 17.6 Å². The van der Waals surface area contributed by atoms with Gasteiger partial charge in [-0.15, -0.1) is 0 Å². The van der Waals surface area contributed by atoms with Crippen LogP contribution < -0.4 is 15.4 Å². The van der Waals surface area contributed by atoms with E-state index in [4.69, 9.17) is 9.84 Å². The van der Waals surface area contributed by atoms with Crippen LogP contribution in [0.25, 0.3) is 0 Å². The van der Waals surface area contributed by atoms with Crippen LogP contribution in [0.4, 0.5) is 5.69 Å². The van der Waals surface area contributed by atoms with E-state index in [-0.39, 0.29) is 17.9 Å². The number of ether oxygens (including phenoxy) is 1. The molecule has 0 saturated heterocycles. The van der Waals surface area contributed by atoms with Crippen LogP contribution in [0, 0.1) is 5.92 Å². The molecule has 1 aromatic heterocycles. The molecule has 0 radical (unpaired) electrons. The van der Waals surface area contributed by atoms with Crippen LogP contribution in [0.5, 0.6) is 11.5 Å². The van der Waals surface area contributed by atoms with Gasteiger partial charge in [-0.25, -0.2) is 0 Å². The summed E-state index contributed by atoms with van der Waals surface area (Å²) in [6.45, 7) is 0. The molecule has 1 saturated carbocycles. The summed E-state index contributed by atoms with van der Waals surface area (Å²) in [6, 6.07) is 11.1. The summed E-state index contributed by atoms with van der Waals surface area (Å²) >= 11 is 0. The molecule has 0 spiro atoms. The van der Waals surface area contributed by atoms with E-state index in [1.165, 1.54) is 6.20 Å². The minimum atomic E-state index is -0.697. The maximum Gasteiger partial charge on any atom is 0.306 e. The predicted molar refractivity (Wildman–Crippen MR) is 101 cm³/mol. The van der Waals surface area contributed by atoms with E-state index in [0.717, 1.165) is 18.5 Å². The molecule has 1 amide bonds. The average Bonchev–Trinajstić information content (AvgIpc) is 2.68. The number of anilines is 1. The van der Waals surface area contributed by atoms with Gasteiger partial charge in [-0.2, -0.15) is 0 Å². The third-order valence-electron chi connectivity index (χ3n) is 4.71. The number of benzene rings is 1. The van der Waals surface area contributed by atoms with Crippen molar-refractivity contribution in [3.8, 4) is 11.5 Å². The number of nitrogens with one attached hydrogen (secondary N) is 2. The van der Waals surface area contributed by atoms with Crippen molar-refractivity contribution in [2.45, 2.75) is 31.7 Å². The number of pyridine rings is 1. The van der Waals surface area contributed by atoms with Crippen molar-refractivity contribution in [3.63, 3.8) is 0 Å². The van der Waals surface area contributed by atoms with Crippen LogP contribution in [-0.2, 0) is 4.79 Å². The Balaban J connectivity index is 1.63. The summed E-state index contributed by atoms with van der Waals surface area (Å²) in [6.07, 6.45) is 4.59. The first-order chi connectivity index (χ1) is 13.0. The molecule has 1 aliphatic rings. The van der Waals surface area contributed by atoms with Gasteiger partial charge in [-0.3, -0.25) is 14.6 Å². The standard InChI is InChI=1S/C20H23N3O4/c1-21-19(24)18-12-17(9-10-22-18)27-16-4-2-3-15(11-16)23-14-7-5-13(6-8-14)20(25)26/h2-4,9-14,23H,5-8H2,1H3,(H,21,24)(H,25,26). The molecule has 0 aliphatic heterocycles. The Bertz CT molecular complexity index is 816. The summed E-state index contributed by atoms with van der Waals surface area (Å²) in [5, 5.41) is 15.1. The lowest BCUT2D eigenvalue weighted by molar-refractivity contribution is -0.142. The number of carboxylic acid groups (broad SMARTS) is 1. The fourth-order valence-electron chi connectivity index (χ4n) is 3.23. The molecule has 7 nitrogen and oxygen atoms in total. The number of aliphatic carboxylic acids is 1. The van der Waals surface area contributed by atoms with Gasteiger partial charge in [0, 0.05) is 37.1 Å². The smallest absolute Gasteiger partial charge is 0.306 e. The molecule has 3 rings (SSSR count). The number of carboxylic acids is 1. The van der Waals surface area contributed by atoms with Crippen LogP contribution in [0.1, 0.15) is 36.2 Å². The van der Waals surface area contributed by atoms with Crippen molar-refractivity contribution in [2.75, 3.05) is 12.4 Å². The minimum Gasteiger partial charge on any atom is -0.481 e. The molecular formula is C20H23N3O4. The Morgan fingerprint density at radius 1 is 1.11 bits per heavy atom. The van der Waals surface area contributed by atoms with Gasteiger partial charge in [-0.1, -0.05) is 6.07 Å². The van der Waals surface area contributed by atoms with Crippen LogP contribution in [0.15, 0.2) is 42.6 Å². The van der Waals surface area contributed by atoms with Crippen molar-refractivity contribution in [1.29, 1.82) is 0 Å². The van der Waals surface area contributed by atoms with E-state index in [1.54, 1.807) is 19.2 Å². The third-order valence-corrected chi connectivity index (χ3v) is 4.71. The number of rotatable bonds is 6. The number of hydrogen-bond donors (Lipinski definition) is 3. The minimum absolute atomic E-state index is 0.223. The quantitative estimate of drug-likeness (QED) is 0.722. The molecule has 1 aromatic carbocycles. The number of carbonyl (C=O) groups excluding carboxylic acids is 1. The summed E-state index contributed by atoms with van der Waals surface area (Å²) < 4.78 is 5.85. The first-order valence-electron chi connectivity index (χ1n) is 9.00. The summed E-state index contributed by atoms with van der Waals surface area (Å²) in [7, 11) is 1.55. The van der Waals surface area contributed by atoms with Gasteiger partial charge in [0.05, 0.1) is 5.92 Å². The molecule has 1 heterocycles. The zero-order valence-electron chi connectivity index (χ0n) is 15.1. The number of nitrogens with zero attached hydrogens (tertiary/aromatic N) is 1. The molecule has 0 atom stereocenters. The average molecular weight is 369 g/mol. The lowest BCUT2D eigenvalue weighted by atomic mass is 9.86.